The first kappa shape index (κ1) is 24.2. The number of ether oxygens (including phenoxy) is 1. The van der Waals surface area contributed by atoms with Gasteiger partial charge < -0.3 is 14.9 Å². The second kappa shape index (κ2) is 14.2. The van der Waals surface area contributed by atoms with Crippen molar-refractivity contribution in [3.8, 4) is 0 Å². The molecular weight excluding hydrogens is 340 g/mol. The fraction of sp³-hybridized carbons (Fsp3) is 0.870. The molecular formula is C23H42O4. The molecule has 2 unspecified atom stereocenters. The molecule has 0 aromatic carbocycles. The molecule has 4 atom stereocenters. The van der Waals surface area contributed by atoms with Gasteiger partial charge in [-0.15, -0.1) is 0 Å². The summed E-state index contributed by atoms with van der Waals surface area (Å²) in [5, 5.41) is 20.7. The Morgan fingerprint density at radius 2 is 1.96 bits per heavy atom. The fourth-order valence-electron chi connectivity index (χ4n) is 4.02. The number of unbranched alkanes of at least 4 members (excludes halogenated alkanes) is 4. The monoisotopic (exact) mass is 382 g/mol. The van der Waals surface area contributed by atoms with Crippen LogP contribution in [0.5, 0.6) is 0 Å². The minimum Gasteiger partial charge on any atom is -0.466 e. The number of aliphatic hydroxyl groups excluding tert-OH is 2. The Morgan fingerprint density at radius 1 is 1.22 bits per heavy atom. The predicted molar refractivity (Wildman–Crippen MR) is 110 cm³/mol. The summed E-state index contributed by atoms with van der Waals surface area (Å²) in [5.41, 5.74) is 1.34. The quantitative estimate of drug-likeness (QED) is 0.247. The van der Waals surface area contributed by atoms with E-state index in [0.717, 1.165) is 51.4 Å². The van der Waals surface area contributed by atoms with Crippen LogP contribution in [0.3, 0.4) is 0 Å². The number of rotatable bonds is 14. The van der Waals surface area contributed by atoms with Crippen molar-refractivity contribution in [2.75, 3.05) is 6.61 Å². The van der Waals surface area contributed by atoms with E-state index in [0.29, 0.717) is 25.4 Å². The molecule has 4 heteroatoms. The van der Waals surface area contributed by atoms with Gasteiger partial charge in [0.05, 0.1) is 18.8 Å². The van der Waals surface area contributed by atoms with E-state index in [1.54, 1.807) is 0 Å². The molecule has 1 fully saturated rings. The Labute approximate surface area is 166 Å². The average molecular weight is 383 g/mol. The van der Waals surface area contributed by atoms with E-state index in [9.17, 15) is 15.0 Å². The van der Waals surface area contributed by atoms with Gasteiger partial charge in [0.15, 0.2) is 0 Å². The van der Waals surface area contributed by atoms with E-state index < -0.39 is 0 Å². The Hall–Kier alpha value is -0.870. The maximum absolute atomic E-state index is 11.3. The lowest BCUT2D eigenvalue weighted by Crippen LogP contribution is -2.18. The minimum absolute atomic E-state index is 0.0966. The molecule has 4 nitrogen and oxygen atoms in total. The number of carbonyl (C=O) groups is 1. The zero-order chi connectivity index (χ0) is 20.1. The summed E-state index contributed by atoms with van der Waals surface area (Å²) in [6.07, 6.45) is 13.3. The van der Waals surface area contributed by atoms with Crippen molar-refractivity contribution in [3.05, 3.63) is 11.6 Å². The van der Waals surface area contributed by atoms with Gasteiger partial charge in [-0.1, -0.05) is 57.6 Å². The molecule has 1 aliphatic rings. The van der Waals surface area contributed by atoms with Gasteiger partial charge in [0.1, 0.15) is 0 Å². The van der Waals surface area contributed by atoms with Gasteiger partial charge >= 0.3 is 5.97 Å². The van der Waals surface area contributed by atoms with Gasteiger partial charge in [-0.3, -0.25) is 4.79 Å². The van der Waals surface area contributed by atoms with Crippen LogP contribution in [0, 0.1) is 11.8 Å². The molecule has 0 saturated heterocycles. The molecule has 0 aromatic heterocycles. The lowest BCUT2D eigenvalue weighted by atomic mass is 9.91. The number of hydrogen-bond donors (Lipinski definition) is 2. The van der Waals surface area contributed by atoms with Crippen LogP contribution < -0.4 is 0 Å². The fourth-order valence-corrected chi connectivity index (χ4v) is 4.02. The summed E-state index contributed by atoms with van der Waals surface area (Å²) < 4.78 is 4.94. The maximum atomic E-state index is 11.3. The molecule has 27 heavy (non-hydrogen) atoms. The third kappa shape index (κ3) is 9.75. The van der Waals surface area contributed by atoms with Crippen LogP contribution in [0.1, 0.15) is 97.8 Å². The molecule has 0 radical (unpaired) electrons. The highest BCUT2D eigenvalue weighted by Crippen LogP contribution is 2.36. The first-order chi connectivity index (χ1) is 13.0. The predicted octanol–water partition coefficient (Wildman–Crippen LogP) is 5.16. The molecule has 0 bridgehead atoms. The third-order valence-electron chi connectivity index (χ3n) is 5.91. The Morgan fingerprint density at radius 3 is 2.67 bits per heavy atom. The lowest BCUT2D eigenvalue weighted by molar-refractivity contribution is -0.143. The number of carbonyl (C=O) groups excluding carboxylic acids is 1. The van der Waals surface area contributed by atoms with E-state index >= 15 is 0 Å². The van der Waals surface area contributed by atoms with Crippen molar-refractivity contribution in [2.45, 2.75) is 110 Å². The minimum atomic E-state index is -0.273. The lowest BCUT2D eigenvalue weighted by Gasteiger charge is -2.19. The Bertz CT molecular complexity index is 432. The highest BCUT2D eigenvalue weighted by molar-refractivity contribution is 5.69. The van der Waals surface area contributed by atoms with Crippen LogP contribution in [0.4, 0.5) is 0 Å². The standard InChI is InChI=1S/C23H42O4/c1-4-6-11-18(3)21(24)16-14-19-15-17-22(25)20(19)12-9-7-8-10-13-23(26)27-5-2/h14,18,20-22,24-25H,4-13,15-17H2,1-3H3/t18?,20-,21?,22-/m1/s1. The third-order valence-corrected chi connectivity index (χ3v) is 5.91. The van der Waals surface area contributed by atoms with E-state index in [2.05, 4.69) is 19.9 Å². The summed E-state index contributed by atoms with van der Waals surface area (Å²) >= 11 is 0. The van der Waals surface area contributed by atoms with Crippen LogP contribution in [0.25, 0.3) is 0 Å². The van der Waals surface area contributed by atoms with Gasteiger partial charge in [0.25, 0.3) is 0 Å². The first-order valence-corrected chi connectivity index (χ1v) is 11.2. The van der Waals surface area contributed by atoms with Gasteiger partial charge in [-0.05, 0) is 51.4 Å². The van der Waals surface area contributed by atoms with E-state index in [4.69, 9.17) is 4.74 Å². The number of hydrogen-bond acceptors (Lipinski definition) is 4. The summed E-state index contributed by atoms with van der Waals surface area (Å²) in [6, 6.07) is 0. The molecule has 1 rings (SSSR count). The summed E-state index contributed by atoms with van der Waals surface area (Å²) in [7, 11) is 0. The van der Waals surface area contributed by atoms with E-state index in [-0.39, 0.29) is 24.1 Å². The number of aliphatic hydroxyl groups is 2. The topological polar surface area (TPSA) is 66.8 Å². The van der Waals surface area contributed by atoms with Gasteiger partial charge in [0, 0.05) is 12.3 Å². The average Bonchev–Trinajstić information content (AvgIpc) is 3.00. The van der Waals surface area contributed by atoms with Crippen molar-refractivity contribution in [2.24, 2.45) is 11.8 Å². The Kier molecular flexibility index (Phi) is 12.7. The van der Waals surface area contributed by atoms with Crippen LogP contribution in [-0.4, -0.2) is 35.0 Å². The molecule has 0 amide bonds. The zero-order valence-corrected chi connectivity index (χ0v) is 17.8. The highest BCUT2D eigenvalue weighted by Gasteiger charge is 2.29. The molecule has 1 aliphatic carbocycles. The van der Waals surface area contributed by atoms with Crippen molar-refractivity contribution < 1.29 is 19.7 Å². The molecule has 158 valence electrons. The van der Waals surface area contributed by atoms with Crippen molar-refractivity contribution >= 4 is 5.97 Å². The maximum Gasteiger partial charge on any atom is 0.305 e. The molecule has 1 saturated carbocycles. The molecule has 2 N–H and O–H groups in total. The molecule has 0 heterocycles. The van der Waals surface area contributed by atoms with Crippen molar-refractivity contribution in [1.29, 1.82) is 0 Å². The number of esters is 1. The van der Waals surface area contributed by atoms with Gasteiger partial charge in [-0.25, -0.2) is 0 Å². The van der Waals surface area contributed by atoms with Crippen LogP contribution in [0.15, 0.2) is 11.6 Å². The molecule has 0 aliphatic heterocycles. The van der Waals surface area contributed by atoms with Gasteiger partial charge in [-0.2, -0.15) is 0 Å². The highest BCUT2D eigenvalue weighted by atomic mass is 16.5. The van der Waals surface area contributed by atoms with Crippen LogP contribution in [0.2, 0.25) is 0 Å². The van der Waals surface area contributed by atoms with Gasteiger partial charge in [0.2, 0.25) is 0 Å². The smallest absolute Gasteiger partial charge is 0.305 e. The second-order valence-corrected chi connectivity index (χ2v) is 8.17. The second-order valence-electron chi connectivity index (χ2n) is 8.17. The largest absolute Gasteiger partial charge is 0.466 e. The first-order valence-electron chi connectivity index (χ1n) is 11.2. The van der Waals surface area contributed by atoms with Crippen LogP contribution >= 0.6 is 0 Å². The zero-order valence-electron chi connectivity index (χ0n) is 17.8. The molecule has 0 spiro atoms. The summed E-state index contributed by atoms with van der Waals surface area (Å²) in [6.45, 7) is 6.61. The van der Waals surface area contributed by atoms with E-state index in [1.807, 2.05) is 6.92 Å². The molecule has 0 aromatic rings. The van der Waals surface area contributed by atoms with E-state index in [1.165, 1.54) is 18.4 Å². The van der Waals surface area contributed by atoms with Crippen molar-refractivity contribution in [1.82, 2.24) is 0 Å². The van der Waals surface area contributed by atoms with Crippen LogP contribution in [-0.2, 0) is 9.53 Å². The normalized spacial score (nSPS) is 23.5. The summed E-state index contributed by atoms with van der Waals surface area (Å²) in [4.78, 5) is 11.3. The SMILES string of the molecule is CCCCC(C)C(O)CC=C1CC[C@@H](O)[C@@H]1CCCCCCC(=O)OCC. The van der Waals surface area contributed by atoms with Crippen molar-refractivity contribution in [3.63, 3.8) is 0 Å². The Balaban J connectivity index is 2.30. The summed E-state index contributed by atoms with van der Waals surface area (Å²) in [5.74, 6) is 0.500.